The summed E-state index contributed by atoms with van der Waals surface area (Å²) in [6, 6.07) is 12.0. The van der Waals surface area contributed by atoms with Gasteiger partial charge in [-0.15, -0.1) is 0 Å². The molecular weight excluding hydrogens is 296 g/mol. The Balaban J connectivity index is 1.46. The topological polar surface area (TPSA) is 26.3 Å². The lowest BCUT2D eigenvalue weighted by Gasteiger charge is -2.10. The summed E-state index contributed by atoms with van der Waals surface area (Å²) in [5, 5.41) is 0.850. The number of hydrogen-bond acceptors (Lipinski definition) is 2. The third-order valence-electron chi connectivity index (χ3n) is 4.49. The molecule has 0 unspecified atom stereocenters. The predicted octanol–water partition coefficient (Wildman–Crippen LogP) is 4.93. The fraction of sp³-hybridized carbons (Fsp3) is 0.316. The minimum atomic E-state index is 0.240. The maximum Gasteiger partial charge on any atom is 0.163 e. The Labute approximate surface area is 135 Å². The Morgan fingerprint density at radius 3 is 2.73 bits per heavy atom. The van der Waals surface area contributed by atoms with Gasteiger partial charge in [0.15, 0.2) is 5.78 Å². The highest BCUT2D eigenvalue weighted by Gasteiger charge is 2.25. The molecule has 0 radical (unpaired) electrons. The van der Waals surface area contributed by atoms with Crippen molar-refractivity contribution in [1.29, 1.82) is 0 Å². The molecule has 2 aromatic carbocycles. The van der Waals surface area contributed by atoms with Gasteiger partial charge < -0.3 is 4.74 Å². The molecule has 0 atom stereocenters. The first-order valence-corrected chi connectivity index (χ1v) is 8.16. The van der Waals surface area contributed by atoms with Crippen LogP contribution in [0.3, 0.4) is 0 Å². The van der Waals surface area contributed by atoms with E-state index in [1.165, 1.54) is 18.4 Å². The molecule has 0 N–H and O–H groups in total. The average Bonchev–Trinajstić information content (AvgIpc) is 3.29. The Morgan fingerprint density at radius 2 is 1.95 bits per heavy atom. The van der Waals surface area contributed by atoms with Crippen LogP contribution in [-0.4, -0.2) is 5.78 Å². The second kappa shape index (κ2) is 5.44. The van der Waals surface area contributed by atoms with Gasteiger partial charge in [0.05, 0.1) is 0 Å². The lowest BCUT2D eigenvalue weighted by atomic mass is 10.1. The van der Waals surface area contributed by atoms with Gasteiger partial charge in [0, 0.05) is 17.0 Å². The van der Waals surface area contributed by atoms with E-state index < -0.39 is 0 Å². The number of carbonyl (C=O) groups excluding carboxylic acids is 1. The van der Waals surface area contributed by atoms with Crippen molar-refractivity contribution in [1.82, 2.24) is 0 Å². The molecule has 4 rings (SSSR count). The summed E-state index contributed by atoms with van der Waals surface area (Å²) < 4.78 is 5.85. The van der Waals surface area contributed by atoms with E-state index in [2.05, 4.69) is 12.1 Å². The molecule has 2 aliphatic carbocycles. The molecule has 0 aliphatic heterocycles. The van der Waals surface area contributed by atoms with Crippen LogP contribution in [0.5, 0.6) is 5.75 Å². The van der Waals surface area contributed by atoms with Crippen LogP contribution in [0.15, 0.2) is 36.4 Å². The first-order valence-electron chi connectivity index (χ1n) is 7.78. The zero-order valence-electron chi connectivity index (χ0n) is 12.3. The third-order valence-corrected chi connectivity index (χ3v) is 4.81. The molecule has 0 spiro atoms. The average molecular weight is 313 g/mol. The molecule has 3 heteroatoms. The molecule has 0 bridgehead atoms. The van der Waals surface area contributed by atoms with E-state index in [1.54, 1.807) is 0 Å². The quantitative estimate of drug-likeness (QED) is 0.800. The number of hydrogen-bond donors (Lipinski definition) is 0. The van der Waals surface area contributed by atoms with E-state index in [0.717, 1.165) is 33.9 Å². The van der Waals surface area contributed by atoms with Gasteiger partial charge in [-0.25, -0.2) is 0 Å². The number of carbonyl (C=O) groups is 1. The summed E-state index contributed by atoms with van der Waals surface area (Å²) in [6.45, 7) is 0.497. The van der Waals surface area contributed by atoms with Gasteiger partial charge in [0.1, 0.15) is 12.4 Å². The van der Waals surface area contributed by atoms with Crippen molar-refractivity contribution in [3.8, 4) is 5.75 Å². The highest BCUT2D eigenvalue weighted by Crippen LogP contribution is 2.43. The summed E-state index contributed by atoms with van der Waals surface area (Å²) >= 11 is 6.35. The minimum absolute atomic E-state index is 0.240. The molecular formula is C19H17ClO2. The van der Waals surface area contributed by atoms with E-state index in [-0.39, 0.29) is 5.78 Å². The molecule has 0 saturated heterocycles. The zero-order valence-corrected chi connectivity index (χ0v) is 13.0. The van der Waals surface area contributed by atoms with Crippen LogP contribution in [0.4, 0.5) is 0 Å². The number of ether oxygens (including phenoxy) is 1. The van der Waals surface area contributed by atoms with Crippen molar-refractivity contribution in [2.45, 2.75) is 38.2 Å². The SMILES string of the molecule is O=C1CCc2cc(OCc3ccc(C4CC4)c(Cl)c3)ccc21. The maximum absolute atomic E-state index is 11.6. The third kappa shape index (κ3) is 2.64. The summed E-state index contributed by atoms with van der Waals surface area (Å²) in [4.78, 5) is 11.6. The van der Waals surface area contributed by atoms with Gasteiger partial charge in [-0.05, 0) is 66.1 Å². The van der Waals surface area contributed by atoms with Crippen molar-refractivity contribution in [3.63, 3.8) is 0 Å². The Morgan fingerprint density at radius 1 is 1.09 bits per heavy atom. The Bertz CT molecular complexity index is 747. The van der Waals surface area contributed by atoms with Gasteiger partial charge in [-0.2, -0.15) is 0 Å². The second-order valence-electron chi connectivity index (χ2n) is 6.16. The van der Waals surface area contributed by atoms with Crippen molar-refractivity contribution < 1.29 is 9.53 Å². The van der Waals surface area contributed by atoms with Gasteiger partial charge in [0.2, 0.25) is 0 Å². The lowest BCUT2D eigenvalue weighted by Crippen LogP contribution is -1.98. The molecule has 1 fully saturated rings. The zero-order chi connectivity index (χ0) is 15.1. The highest BCUT2D eigenvalue weighted by atomic mass is 35.5. The normalized spacial score (nSPS) is 16.7. The number of ketones is 1. The lowest BCUT2D eigenvalue weighted by molar-refractivity contribution is 0.0994. The predicted molar refractivity (Wildman–Crippen MR) is 86.9 cm³/mol. The van der Waals surface area contributed by atoms with E-state index in [1.807, 2.05) is 24.3 Å². The van der Waals surface area contributed by atoms with Crippen molar-refractivity contribution >= 4 is 17.4 Å². The summed E-state index contributed by atoms with van der Waals surface area (Å²) in [7, 11) is 0. The number of benzene rings is 2. The van der Waals surface area contributed by atoms with Crippen molar-refractivity contribution in [3.05, 3.63) is 63.7 Å². The fourth-order valence-corrected chi connectivity index (χ4v) is 3.43. The number of aryl methyl sites for hydroxylation is 1. The smallest absolute Gasteiger partial charge is 0.163 e. The molecule has 112 valence electrons. The largest absolute Gasteiger partial charge is 0.489 e. The molecule has 2 nitrogen and oxygen atoms in total. The number of halogens is 1. The van der Waals surface area contributed by atoms with Crippen molar-refractivity contribution in [2.24, 2.45) is 0 Å². The number of Topliss-reactive ketones (excluding diaryl/α,β-unsaturated/α-hetero) is 1. The summed E-state index contributed by atoms with van der Waals surface area (Å²) in [6.07, 6.45) is 3.96. The first-order chi connectivity index (χ1) is 10.7. The van der Waals surface area contributed by atoms with Gasteiger partial charge in [-0.1, -0.05) is 23.7 Å². The van der Waals surface area contributed by atoms with E-state index in [0.29, 0.717) is 18.9 Å². The Hall–Kier alpha value is -1.80. The van der Waals surface area contributed by atoms with Crippen LogP contribution >= 0.6 is 11.6 Å². The summed E-state index contributed by atoms with van der Waals surface area (Å²) in [5.74, 6) is 1.72. The molecule has 2 aromatic rings. The van der Waals surface area contributed by atoms with Crippen LogP contribution in [0.25, 0.3) is 0 Å². The van der Waals surface area contributed by atoms with Gasteiger partial charge in [0.25, 0.3) is 0 Å². The molecule has 0 heterocycles. The molecule has 22 heavy (non-hydrogen) atoms. The van der Waals surface area contributed by atoms with Crippen LogP contribution < -0.4 is 4.74 Å². The second-order valence-corrected chi connectivity index (χ2v) is 6.57. The number of fused-ring (bicyclic) bond motifs is 1. The standard InChI is InChI=1S/C19H17ClO2/c20-18-9-12(1-6-16(18)13-2-3-13)11-22-15-5-7-17-14(10-15)4-8-19(17)21/h1,5-7,9-10,13H,2-4,8,11H2. The van der Waals surface area contributed by atoms with Gasteiger partial charge in [-0.3, -0.25) is 4.79 Å². The maximum atomic E-state index is 11.6. The summed E-state index contributed by atoms with van der Waals surface area (Å²) in [5.41, 5.74) is 4.29. The fourth-order valence-electron chi connectivity index (χ4n) is 3.07. The van der Waals surface area contributed by atoms with E-state index >= 15 is 0 Å². The molecule has 2 aliphatic rings. The van der Waals surface area contributed by atoms with E-state index in [9.17, 15) is 4.79 Å². The van der Waals surface area contributed by atoms with Gasteiger partial charge >= 0.3 is 0 Å². The molecule has 1 saturated carbocycles. The molecule has 0 aromatic heterocycles. The van der Waals surface area contributed by atoms with Crippen LogP contribution in [-0.2, 0) is 13.0 Å². The molecule has 0 amide bonds. The highest BCUT2D eigenvalue weighted by molar-refractivity contribution is 6.31. The van der Waals surface area contributed by atoms with Crippen molar-refractivity contribution in [2.75, 3.05) is 0 Å². The first kappa shape index (κ1) is 13.8. The number of rotatable bonds is 4. The van der Waals surface area contributed by atoms with Crippen LogP contribution in [0, 0.1) is 0 Å². The Kier molecular flexibility index (Phi) is 3.42. The van der Waals surface area contributed by atoms with E-state index in [4.69, 9.17) is 16.3 Å². The van der Waals surface area contributed by atoms with Crippen LogP contribution in [0.1, 0.15) is 52.2 Å². The monoisotopic (exact) mass is 312 g/mol. The van der Waals surface area contributed by atoms with Crippen LogP contribution in [0.2, 0.25) is 5.02 Å². The minimum Gasteiger partial charge on any atom is -0.489 e.